The van der Waals surface area contributed by atoms with Gasteiger partial charge in [0.2, 0.25) is 0 Å². The molecule has 0 aromatic heterocycles. The van der Waals surface area contributed by atoms with Crippen LogP contribution in [0.25, 0.3) is 0 Å². The fraction of sp³-hybridized carbons (Fsp3) is 0.833. The maximum absolute atomic E-state index is 11.4. The molecule has 1 unspecified atom stereocenters. The zero-order valence-corrected chi connectivity index (χ0v) is 11.6. The SMILES string of the molecule is CCCC(C)(COC(N)=O)COC(=O)NC(C)C.[NaH]. The molecule has 19 heavy (non-hydrogen) atoms. The molecule has 7 heteroatoms. The van der Waals surface area contributed by atoms with Crippen molar-refractivity contribution in [3.63, 3.8) is 0 Å². The van der Waals surface area contributed by atoms with E-state index in [0.29, 0.717) is 0 Å². The second-order valence-electron chi connectivity index (χ2n) is 5.04. The summed E-state index contributed by atoms with van der Waals surface area (Å²) in [7, 11) is 0. The Balaban J connectivity index is 0. The van der Waals surface area contributed by atoms with E-state index >= 15 is 0 Å². The van der Waals surface area contributed by atoms with Crippen LogP contribution in [0.3, 0.4) is 0 Å². The van der Waals surface area contributed by atoms with Gasteiger partial charge in [-0.15, -0.1) is 0 Å². The van der Waals surface area contributed by atoms with E-state index in [9.17, 15) is 9.59 Å². The molecule has 2 amide bonds. The van der Waals surface area contributed by atoms with E-state index in [1.165, 1.54) is 0 Å². The van der Waals surface area contributed by atoms with Crippen LogP contribution < -0.4 is 11.1 Å². The van der Waals surface area contributed by atoms with Crippen LogP contribution in [0.4, 0.5) is 9.59 Å². The van der Waals surface area contributed by atoms with E-state index in [-0.39, 0.29) is 48.8 Å². The average Bonchev–Trinajstić information content (AvgIpc) is 2.24. The third kappa shape index (κ3) is 11.1. The number of carbonyl (C=O) groups is 2. The van der Waals surface area contributed by atoms with Gasteiger partial charge in [-0.1, -0.05) is 20.3 Å². The Labute approximate surface area is 137 Å². The number of nitrogens with two attached hydrogens (primary N) is 1. The standard InChI is InChI=1S/C12H24N2O4.Na.H/c1-5-6-12(4,7-17-10(13)15)8-18-11(16)14-9(2)3;;/h9H,5-8H2,1-4H3,(H2,13,15)(H,14,16);;. The predicted octanol–water partition coefficient (Wildman–Crippen LogP) is 1.37. The second-order valence-corrected chi connectivity index (χ2v) is 5.04. The van der Waals surface area contributed by atoms with Crippen molar-refractivity contribution in [3.05, 3.63) is 0 Å². The van der Waals surface area contributed by atoms with Gasteiger partial charge in [0.1, 0.15) is 13.2 Å². The monoisotopic (exact) mass is 284 g/mol. The van der Waals surface area contributed by atoms with E-state index in [0.717, 1.165) is 12.8 Å². The van der Waals surface area contributed by atoms with Crippen molar-refractivity contribution in [3.8, 4) is 0 Å². The average molecular weight is 284 g/mol. The molecular formula is C12H25N2NaO4. The summed E-state index contributed by atoms with van der Waals surface area (Å²) in [6.07, 6.45) is 0.388. The second kappa shape index (κ2) is 10.3. The molecule has 0 aliphatic rings. The quantitative estimate of drug-likeness (QED) is 0.691. The summed E-state index contributed by atoms with van der Waals surface area (Å²) in [6.45, 7) is 7.93. The van der Waals surface area contributed by atoms with Crippen LogP contribution in [-0.2, 0) is 9.47 Å². The fourth-order valence-corrected chi connectivity index (χ4v) is 1.55. The van der Waals surface area contributed by atoms with E-state index in [1.807, 2.05) is 27.7 Å². The van der Waals surface area contributed by atoms with E-state index in [1.54, 1.807) is 0 Å². The first-order valence-electron chi connectivity index (χ1n) is 6.14. The van der Waals surface area contributed by atoms with Gasteiger partial charge in [-0.25, -0.2) is 9.59 Å². The molecule has 6 nitrogen and oxygen atoms in total. The van der Waals surface area contributed by atoms with Crippen LogP contribution in [-0.4, -0.2) is 61.0 Å². The molecule has 0 saturated heterocycles. The number of alkyl carbamates (subject to hydrolysis) is 1. The summed E-state index contributed by atoms with van der Waals surface area (Å²) in [5, 5.41) is 2.63. The van der Waals surface area contributed by atoms with Crippen molar-refractivity contribution in [2.45, 2.75) is 46.6 Å². The first-order valence-corrected chi connectivity index (χ1v) is 6.14. The molecule has 0 aliphatic carbocycles. The number of ether oxygens (including phenoxy) is 2. The summed E-state index contributed by atoms with van der Waals surface area (Å²) in [6, 6.07) is 0.0248. The number of carbonyl (C=O) groups excluding carboxylic acids is 2. The molecule has 0 fully saturated rings. The Bertz CT molecular complexity index is 287. The van der Waals surface area contributed by atoms with Crippen LogP contribution in [0.1, 0.15) is 40.5 Å². The summed E-state index contributed by atoms with van der Waals surface area (Å²) >= 11 is 0. The summed E-state index contributed by atoms with van der Waals surface area (Å²) < 4.78 is 9.92. The van der Waals surface area contributed by atoms with Crippen LogP contribution in [0.2, 0.25) is 0 Å². The van der Waals surface area contributed by atoms with Crippen molar-refractivity contribution < 1.29 is 19.1 Å². The molecule has 108 valence electrons. The van der Waals surface area contributed by atoms with Gasteiger partial charge in [0.15, 0.2) is 0 Å². The van der Waals surface area contributed by atoms with Crippen molar-refractivity contribution in [1.82, 2.24) is 5.32 Å². The Morgan fingerprint density at radius 1 is 1.26 bits per heavy atom. The Kier molecular flexibility index (Phi) is 11.3. The minimum atomic E-state index is -0.816. The fourth-order valence-electron chi connectivity index (χ4n) is 1.55. The van der Waals surface area contributed by atoms with Gasteiger partial charge in [-0.05, 0) is 20.3 Å². The Morgan fingerprint density at radius 2 is 1.79 bits per heavy atom. The predicted molar refractivity (Wildman–Crippen MR) is 75.3 cm³/mol. The Hall–Kier alpha value is -0.460. The van der Waals surface area contributed by atoms with Gasteiger partial charge in [0.25, 0.3) is 0 Å². The van der Waals surface area contributed by atoms with Gasteiger partial charge < -0.3 is 20.5 Å². The number of primary amides is 1. The zero-order chi connectivity index (χ0) is 14.2. The van der Waals surface area contributed by atoms with Gasteiger partial charge in [0.05, 0.1) is 0 Å². The van der Waals surface area contributed by atoms with Gasteiger partial charge >= 0.3 is 41.7 Å². The van der Waals surface area contributed by atoms with Gasteiger partial charge in [-0.2, -0.15) is 0 Å². The molecule has 0 saturated carbocycles. The molecule has 0 aliphatic heterocycles. The molecule has 3 N–H and O–H groups in total. The number of amides is 2. The normalized spacial score (nSPS) is 13.1. The third-order valence-electron chi connectivity index (χ3n) is 2.37. The van der Waals surface area contributed by atoms with Crippen LogP contribution in [0, 0.1) is 5.41 Å². The number of hydrogen-bond acceptors (Lipinski definition) is 4. The van der Waals surface area contributed by atoms with Crippen LogP contribution >= 0.6 is 0 Å². The maximum atomic E-state index is 11.4. The van der Waals surface area contributed by atoms with Crippen LogP contribution in [0.15, 0.2) is 0 Å². The number of hydrogen-bond donors (Lipinski definition) is 2. The molecule has 0 rings (SSSR count). The van der Waals surface area contributed by atoms with E-state index < -0.39 is 17.6 Å². The molecule has 0 aromatic rings. The summed E-state index contributed by atoms with van der Waals surface area (Å²) in [5.41, 5.74) is 4.53. The Morgan fingerprint density at radius 3 is 2.21 bits per heavy atom. The molecular weight excluding hydrogens is 259 g/mol. The van der Waals surface area contributed by atoms with Gasteiger partial charge in [0, 0.05) is 11.5 Å². The minimum absolute atomic E-state index is 0. The van der Waals surface area contributed by atoms with Crippen molar-refractivity contribution in [2.75, 3.05) is 13.2 Å². The molecule has 0 bridgehead atoms. The molecule has 0 spiro atoms. The van der Waals surface area contributed by atoms with Gasteiger partial charge in [-0.3, -0.25) is 0 Å². The molecule has 1 atom stereocenters. The van der Waals surface area contributed by atoms with E-state index in [4.69, 9.17) is 15.2 Å². The van der Waals surface area contributed by atoms with E-state index in [2.05, 4.69) is 5.32 Å². The first kappa shape index (κ1) is 20.8. The summed E-state index contributed by atoms with van der Waals surface area (Å²) in [5.74, 6) is 0. The third-order valence-corrected chi connectivity index (χ3v) is 2.37. The van der Waals surface area contributed by atoms with Crippen LogP contribution in [0.5, 0.6) is 0 Å². The molecule has 0 heterocycles. The first-order chi connectivity index (χ1) is 8.29. The van der Waals surface area contributed by atoms with Crippen molar-refractivity contribution in [1.29, 1.82) is 0 Å². The molecule has 0 radical (unpaired) electrons. The van der Waals surface area contributed by atoms with Crippen molar-refractivity contribution in [2.24, 2.45) is 11.1 Å². The number of rotatable bonds is 7. The summed E-state index contributed by atoms with van der Waals surface area (Å²) in [4.78, 5) is 22.0. The number of nitrogens with one attached hydrogen (secondary N) is 1. The molecule has 0 aromatic carbocycles. The topological polar surface area (TPSA) is 90.7 Å². The van der Waals surface area contributed by atoms with Crippen molar-refractivity contribution >= 4 is 41.7 Å². The zero-order valence-electron chi connectivity index (χ0n) is 11.6.